The predicted octanol–water partition coefficient (Wildman–Crippen LogP) is 4.01. The van der Waals surface area contributed by atoms with Crippen molar-refractivity contribution in [1.29, 1.82) is 0 Å². The molecule has 0 fully saturated rings. The molecule has 0 saturated heterocycles. The Morgan fingerprint density at radius 2 is 2.00 bits per heavy atom. The van der Waals surface area contributed by atoms with E-state index in [-0.39, 0.29) is 11.5 Å². The number of benzene rings is 2. The van der Waals surface area contributed by atoms with E-state index in [0.717, 1.165) is 10.0 Å². The van der Waals surface area contributed by atoms with Crippen molar-refractivity contribution >= 4 is 33.8 Å². The lowest BCUT2D eigenvalue weighted by Crippen LogP contribution is -2.24. The first-order chi connectivity index (χ1) is 12.0. The summed E-state index contributed by atoms with van der Waals surface area (Å²) in [5.74, 6) is 0.384. The summed E-state index contributed by atoms with van der Waals surface area (Å²) in [6.07, 6.45) is 0.930. The third-order valence-corrected chi connectivity index (χ3v) is 4.40. The third-order valence-electron chi connectivity index (χ3n) is 3.68. The zero-order valence-electron chi connectivity index (χ0n) is 13.6. The molecule has 0 aromatic heterocycles. The summed E-state index contributed by atoms with van der Waals surface area (Å²) in [5.41, 5.74) is 1.30. The van der Waals surface area contributed by atoms with Gasteiger partial charge in [-0.2, -0.15) is 0 Å². The second-order valence-electron chi connectivity index (χ2n) is 5.40. The molecule has 6 heteroatoms. The van der Waals surface area contributed by atoms with Gasteiger partial charge < -0.3 is 14.2 Å². The van der Waals surface area contributed by atoms with Gasteiger partial charge in [-0.3, -0.25) is 4.79 Å². The zero-order chi connectivity index (χ0) is 18.0. The number of ketones is 1. The van der Waals surface area contributed by atoms with E-state index in [0.29, 0.717) is 17.1 Å². The minimum atomic E-state index is -0.754. The van der Waals surface area contributed by atoms with E-state index < -0.39 is 12.1 Å². The van der Waals surface area contributed by atoms with Crippen molar-refractivity contribution in [2.24, 2.45) is 0 Å². The van der Waals surface area contributed by atoms with Gasteiger partial charge in [-0.1, -0.05) is 34.1 Å². The number of Topliss-reactive ketones (excluding diaryl/α,β-unsaturated/α-hetero) is 1. The number of esters is 1. The number of ether oxygens (including phenoxy) is 3. The van der Waals surface area contributed by atoms with Crippen molar-refractivity contribution in [2.75, 3.05) is 7.11 Å². The Morgan fingerprint density at radius 3 is 2.72 bits per heavy atom. The van der Waals surface area contributed by atoms with Crippen molar-refractivity contribution in [3.63, 3.8) is 0 Å². The van der Waals surface area contributed by atoms with E-state index in [1.165, 1.54) is 7.11 Å². The maximum atomic E-state index is 12.5. The molecule has 0 amide bonds. The van der Waals surface area contributed by atoms with E-state index >= 15 is 0 Å². The SMILES string of the molecule is COC(=O)[C@@H](C)Oc1ccc2c(c1)O/C(=C/c1ccccc1Br)C2=O. The maximum absolute atomic E-state index is 12.5. The van der Waals surface area contributed by atoms with E-state index in [9.17, 15) is 9.59 Å². The second-order valence-corrected chi connectivity index (χ2v) is 6.26. The van der Waals surface area contributed by atoms with Crippen LogP contribution in [-0.2, 0) is 9.53 Å². The van der Waals surface area contributed by atoms with Gasteiger partial charge in [0.15, 0.2) is 11.9 Å². The summed E-state index contributed by atoms with van der Waals surface area (Å²) in [7, 11) is 1.30. The zero-order valence-corrected chi connectivity index (χ0v) is 15.2. The second kappa shape index (κ2) is 7.11. The van der Waals surface area contributed by atoms with Crippen LogP contribution in [0.1, 0.15) is 22.8 Å². The average Bonchev–Trinajstić information content (AvgIpc) is 2.91. The topological polar surface area (TPSA) is 61.8 Å². The molecule has 2 aromatic carbocycles. The van der Waals surface area contributed by atoms with E-state index in [4.69, 9.17) is 9.47 Å². The Morgan fingerprint density at radius 1 is 1.24 bits per heavy atom. The predicted molar refractivity (Wildman–Crippen MR) is 95.6 cm³/mol. The van der Waals surface area contributed by atoms with Gasteiger partial charge in [0.1, 0.15) is 11.5 Å². The molecular formula is C19H15BrO5. The highest BCUT2D eigenvalue weighted by Crippen LogP contribution is 2.35. The highest BCUT2D eigenvalue weighted by molar-refractivity contribution is 9.10. The lowest BCUT2D eigenvalue weighted by Gasteiger charge is -2.12. The number of hydrogen-bond donors (Lipinski definition) is 0. The molecular weight excluding hydrogens is 388 g/mol. The number of carbonyl (C=O) groups is 2. The molecule has 2 aromatic rings. The number of carbonyl (C=O) groups excluding carboxylic acids is 2. The fourth-order valence-corrected chi connectivity index (χ4v) is 2.79. The van der Waals surface area contributed by atoms with Crippen LogP contribution >= 0.6 is 15.9 Å². The molecule has 128 valence electrons. The summed E-state index contributed by atoms with van der Waals surface area (Å²) in [4.78, 5) is 23.9. The minimum Gasteiger partial charge on any atom is -0.479 e. The first-order valence-corrected chi connectivity index (χ1v) is 8.36. The highest BCUT2D eigenvalue weighted by Gasteiger charge is 2.28. The highest BCUT2D eigenvalue weighted by atomic mass is 79.9. The summed E-state index contributed by atoms with van der Waals surface area (Å²) in [6.45, 7) is 1.59. The summed E-state index contributed by atoms with van der Waals surface area (Å²) in [6, 6.07) is 12.4. The van der Waals surface area contributed by atoms with Crippen LogP contribution in [0.25, 0.3) is 6.08 Å². The molecule has 25 heavy (non-hydrogen) atoms. The van der Waals surface area contributed by atoms with Crippen LogP contribution in [0.15, 0.2) is 52.7 Å². The lowest BCUT2D eigenvalue weighted by molar-refractivity contribution is -0.147. The number of methoxy groups -OCH3 is 1. The van der Waals surface area contributed by atoms with Crippen molar-refractivity contribution in [2.45, 2.75) is 13.0 Å². The number of fused-ring (bicyclic) bond motifs is 1. The summed E-state index contributed by atoms with van der Waals surface area (Å²) >= 11 is 3.44. The fraction of sp³-hybridized carbons (Fsp3) is 0.158. The molecule has 0 radical (unpaired) electrons. The summed E-state index contributed by atoms with van der Waals surface area (Å²) < 4.78 is 16.7. The molecule has 1 aliphatic rings. The molecule has 1 atom stereocenters. The molecule has 0 unspecified atom stereocenters. The Labute approximate surface area is 153 Å². The van der Waals surface area contributed by atoms with E-state index in [1.54, 1.807) is 31.2 Å². The van der Waals surface area contributed by atoms with Crippen LogP contribution in [0.3, 0.4) is 0 Å². The largest absolute Gasteiger partial charge is 0.479 e. The van der Waals surface area contributed by atoms with Crippen LogP contribution in [0, 0.1) is 0 Å². The molecule has 0 spiro atoms. The monoisotopic (exact) mass is 402 g/mol. The molecule has 0 N–H and O–H groups in total. The third kappa shape index (κ3) is 3.58. The van der Waals surface area contributed by atoms with Crippen LogP contribution in [-0.4, -0.2) is 25.0 Å². The van der Waals surface area contributed by atoms with Gasteiger partial charge in [0, 0.05) is 10.5 Å². The average molecular weight is 403 g/mol. The number of allylic oxidation sites excluding steroid dienone is 1. The molecule has 0 aliphatic carbocycles. The van der Waals surface area contributed by atoms with Gasteiger partial charge in [-0.25, -0.2) is 4.79 Å². The van der Waals surface area contributed by atoms with Crippen LogP contribution in [0.4, 0.5) is 0 Å². The van der Waals surface area contributed by atoms with Crippen molar-refractivity contribution in [3.05, 3.63) is 63.8 Å². The maximum Gasteiger partial charge on any atom is 0.346 e. The van der Waals surface area contributed by atoms with Gasteiger partial charge >= 0.3 is 5.97 Å². The van der Waals surface area contributed by atoms with E-state index in [2.05, 4.69) is 20.7 Å². The molecule has 1 heterocycles. The molecule has 1 aliphatic heterocycles. The van der Waals surface area contributed by atoms with Crippen LogP contribution in [0.2, 0.25) is 0 Å². The first kappa shape index (κ1) is 17.2. The quantitative estimate of drug-likeness (QED) is 0.571. The first-order valence-electron chi connectivity index (χ1n) is 7.57. The Kier molecular flexibility index (Phi) is 4.90. The van der Waals surface area contributed by atoms with E-state index in [1.807, 2.05) is 24.3 Å². The molecule has 3 rings (SSSR count). The fourth-order valence-electron chi connectivity index (χ4n) is 2.39. The van der Waals surface area contributed by atoms with Gasteiger partial charge in [0.25, 0.3) is 0 Å². The van der Waals surface area contributed by atoms with Gasteiger partial charge in [0.05, 0.1) is 12.7 Å². The van der Waals surface area contributed by atoms with Gasteiger partial charge in [0.2, 0.25) is 5.78 Å². The van der Waals surface area contributed by atoms with Crippen LogP contribution < -0.4 is 9.47 Å². The van der Waals surface area contributed by atoms with Crippen LogP contribution in [0.5, 0.6) is 11.5 Å². The van der Waals surface area contributed by atoms with Crippen molar-refractivity contribution in [3.8, 4) is 11.5 Å². The van der Waals surface area contributed by atoms with Gasteiger partial charge in [-0.05, 0) is 36.8 Å². The normalized spacial score (nSPS) is 15.5. The molecule has 0 saturated carbocycles. The number of rotatable bonds is 4. The Bertz CT molecular complexity index is 872. The Hall–Kier alpha value is -2.60. The lowest BCUT2D eigenvalue weighted by atomic mass is 10.1. The Balaban J connectivity index is 1.84. The van der Waals surface area contributed by atoms with Crippen molar-refractivity contribution in [1.82, 2.24) is 0 Å². The summed E-state index contributed by atoms with van der Waals surface area (Å²) in [5, 5.41) is 0. The number of hydrogen-bond acceptors (Lipinski definition) is 5. The molecule has 5 nitrogen and oxygen atoms in total. The standard InChI is InChI=1S/C19H15BrO5/c1-11(19(22)23-2)24-13-7-8-14-16(10-13)25-17(18(14)21)9-12-5-3-4-6-15(12)20/h3-11H,1-2H3/b17-9+/t11-/m1/s1. The smallest absolute Gasteiger partial charge is 0.346 e. The minimum absolute atomic E-state index is 0.196. The molecule has 0 bridgehead atoms. The number of halogens is 1. The van der Waals surface area contributed by atoms with Gasteiger partial charge in [-0.15, -0.1) is 0 Å². The van der Waals surface area contributed by atoms with Crippen molar-refractivity contribution < 1.29 is 23.8 Å².